The molecule has 7 nitrogen and oxygen atoms in total. The quantitative estimate of drug-likeness (QED) is 0.320. The number of carbonyl (C=O) groups is 2. The molecule has 40 heavy (non-hydrogen) atoms. The summed E-state index contributed by atoms with van der Waals surface area (Å²) in [5.41, 5.74) is 4.03. The Kier molecular flexibility index (Phi) is 10.5. The molecule has 3 rings (SSSR count). The number of nitrogens with one attached hydrogen (secondary N) is 1. The maximum Gasteiger partial charge on any atom is 0.264 e. The van der Waals surface area contributed by atoms with E-state index in [1.165, 1.54) is 21.3 Å². The average Bonchev–Trinajstić information content (AvgIpc) is 2.92. The van der Waals surface area contributed by atoms with Crippen LogP contribution in [0.5, 0.6) is 0 Å². The van der Waals surface area contributed by atoms with Gasteiger partial charge in [0.1, 0.15) is 12.6 Å². The van der Waals surface area contributed by atoms with Gasteiger partial charge in [-0.15, -0.1) is 0 Å². The van der Waals surface area contributed by atoms with E-state index in [1.54, 1.807) is 24.3 Å². The van der Waals surface area contributed by atoms with Crippen molar-refractivity contribution in [3.63, 3.8) is 0 Å². The van der Waals surface area contributed by atoms with Crippen LogP contribution in [0.25, 0.3) is 0 Å². The van der Waals surface area contributed by atoms with E-state index in [4.69, 9.17) is 0 Å². The van der Waals surface area contributed by atoms with Crippen molar-refractivity contribution in [3.8, 4) is 0 Å². The average molecular weight is 564 g/mol. The third-order valence-electron chi connectivity index (χ3n) is 6.90. The number of amides is 2. The molecule has 0 bridgehead atoms. The molecule has 0 saturated heterocycles. The first-order valence-corrected chi connectivity index (χ1v) is 15.2. The standard InChI is InChI=1S/C32H41N3O4S/c1-7-29(32(37)33-20-23(2)3)34(21-27-14-12-11-13-25(27)5)31(36)22-35(30-18-17-24(4)19-26(30)6)40(38,39)28-15-9-8-10-16-28/h8-19,23,29H,7,20-22H2,1-6H3,(H,33,37)/t29-/m1/s1. The molecule has 0 radical (unpaired) electrons. The van der Waals surface area contributed by atoms with Crippen molar-refractivity contribution in [2.75, 3.05) is 17.4 Å². The predicted molar refractivity (Wildman–Crippen MR) is 161 cm³/mol. The number of rotatable bonds is 12. The third kappa shape index (κ3) is 7.50. The molecule has 0 aliphatic rings. The van der Waals surface area contributed by atoms with Crippen molar-refractivity contribution in [1.29, 1.82) is 0 Å². The predicted octanol–water partition coefficient (Wildman–Crippen LogP) is 5.39. The van der Waals surface area contributed by atoms with Crippen LogP contribution >= 0.6 is 0 Å². The topological polar surface area (TPSA) is 86.8 Å². The second kappa shape index (κ2) is 13.6. The zero-order valence-electron chi connectivity index (χ0n) is 24.3. The lowest BCUT2D eigenvalue weighted by Crippen LogP contribution is -2.52. The Labute approximate surface area is 239 Å². The van der Waals surface area contributed by atoms with Gasteiger partial charge in [-0.1, -0.05) is 80.9 Å². The Balaban J connectivity index is 2.08. The van der Waals surface area contributed by atoms with Gasteiger partial charge in [-0.05, 0) is 68.0 Å². The van der Waals surface area contributed by atoms with Gasteiger partial charge in [-0.2, -0.15) is 0 Å². The minimum atomic E-state index is -4.09. The number of nitrogens with zero attached hydrogens (tertiary/aromatic N) is 2. The fourth-order valence-electron chi connectivity index (χ4n) is 4.63. The number of hydrogen-bond acceptors (Lipinski definition) is 4. The van der Waals surface area contributed by atoms with E-state index >= 15 is 0 Å². The smallest absolute Gasteiger partial charge is 0.264 e. The molecule has 0 spiro atoms. The molecule has 1 atom stereocenters. The van der Waals surface area contributed by atoms with Crippen LogP contribution < -0.4 is 9.62 Å². The van der Waals surface area contributed by atoms with Gasteiger partial charge in [0, 0.05) is 13.1 Å². The molecule has 8 heteroatoms. The highest BCUT2D eigenvalue weighted by Gasteiger charge is 2.34. The van der Waals surface area contributed by atoms with E-state index < -0.39 is 28.5 Å². The SMILES string of the molecule is CC[C@H](C(=O)NCC(C)C)N(Cc1ccccc1C)C(=O)CN(c1ccc(C)cc1C)S(=O)(=O)c1ccccc1. The zero-order chi connectivity index (χ0) is 29.4. The molecule has 0 aliphatic carbocycles. The summed E-state index contributed by atoms with van der Waals surface area (Å²) in [5, 5.41) is 2.96. The zero-order valence-corrected chi connectivity index (χ0v) is 25.2. The first kappa shape index (κ1) is 30.9. The van der Waals surface area contributed by atoms with Gasteiger partial charge in [0.2, 0.25) is 11.8 Å². The summed E-state index contributed by atoms with van der Waals surface area (Å²) in [5.74, 6) is -0.450. The van der Waals surface area contributed by atoms with Crippen molar-refractivity contribution < 1.29 is 18.0 Å². The van der Waals surface area contributed by atoms with E-state index in [1.807, 2.05) is 77.9 Å². The number of benzene rings is 3. The lowest BCUT2D eigenvalue weighted by Gasteiger charge is -2.34. The van der Waals surface area contributed by atoms with Crippen molar-refractivity contribution in [3.05, 3.63) is 95.1 Å². The Morgan fingerprint density at radius 2 is 1.52 bits per heavy atom. The summed E-state index contributed by atoms with van der Waals surface area (Å²) in [4.78, 5) is 29.1. The lowest BCUT2D eigenvalue weighted by atomic mass is 10.1. The maximum atomic E-state index is 14.2. The van der Waals surface area contributed by atoms with Gasteiger partial charge in [-0.3, -0.25) is 13.9 Å². The summed E-state index contributed by atoms with van der Waals surface area (Å²) in [6.45, 7) is 11.8. The van der Waals surface area contributed by atoms with Crippen LogP contribution in [0.3, 0.4) is 0 Å². The fourth-order valence-corrected chi connectivity index (χ4v) is 6.13. The monoisotopic (exact) mass is 563 g/mol. The second-order valence-corrected chi connectivity index (χ2v) is 12.5. The fraction of sp³-hybridized carbons (Fsp3) is 0.375. The third-order valence-corrected chi connectivity index (χ3v) is 8.68. The maximum absolute atomic E-state index is 14.2. The number of anilines is 1. The highest BCUT2D eigenvalue weighted by atomic mass is 32.2. The minimum absolute atomic E-state index is 0.0925. The van der Waals surface area contributed by atoms with Crippen LogP contribution in [0.15, 0.2) is 77.7 Å². The lowest BCUT2D eigenvalue weighted by molar-refractivity contribution is -0.140. The van der Waals surface area contributed by atoms with E-state index in [-0.39, 0.29) is 23.3 Å². The minimum Gasteiger partial charge on any atom is -0.354 e. The van der Waals surface area contributed by atoms with Gasteiger partial charge >= 0.3 is 0 Å². The molecule has 0 saturated carbocycles. The molecule has 3 aromatic carbocycles. The Hall–Kier alpha value is -3.65. The van der Waals surface area contributed by atoms with Crippen molar-refractivity contribution in [1.82, 2.24) is 10.2 Å². The van der Waals surface area contributed by atoms with E-state index in [0.717, 1.165) is 22.3 Å². The van der Waals surface area contributed by atoms with E-state index in [0.29, 0.717) is 18.7 Å². The number of carbonyl (C=O) groups excluding carboxylic acids is 2. The van der Waals surface area contributed by atoms with Crippen LogP contribution in [-0.4, -0.2) is 44.3 Å². The molecule has 1 N–H and O–H groups in total. The van der Waals surface area contributed by atoms with E-state index in [2.05, 4.69) is 5.32 Å². The summed E-state index contributed by atoms with van der Waals surface area (Å²) >= 11 is 0. The van der Waals surface area contributed by atoms with Crippen molar-refractivity contribution in [2.24, 2.45) is 5.92 Å². The van der Waals surface area contributed by atoms with Crippen LogP contribution in [0.1, 0.15) is 49.4 Å². The summed E-state index contributed by atoms with van der Waals surface area (Å²) in [6.07, 6.45) is 0.385. The van der Waals surface area contributed by atoms with Crippen LogP contribution in [0, 0.1) is 26.7 Å². The normalized spacial score (nSPS) is 12.2. The molecule has 0 fully saturated rings. The number of hydrogen-bond donors (Lipinski definition) is 1. The van der Waals surface area contributed by atoms with E-state index in [9.17, 15) is 18.0 Å². The van der Waals surface area contributed by atoms with Crippen LogP contribution in [0.4, 0.5) is 5.69 Å². The van der Waals surface area contributed by atoms with Gasteiger partial charge in [-0.25, -0.2) is 8.42 Å². The van der Waals surface area contributed by atoms with Crippen LogP contribution in [0.2, 0.25) is 0 Å². The Morgan fingerprint density at radius 1 is 0.875 bits per heavy atom. The molecule has 0 aliphatic heterocycles. The molecule has 2 amide bonds. The molecular formula is C32H41N3O4S. The van der Waals surface area contributed by atoms with Gasteiger partial charge in [0.05, 0.1) is 10.6 Å². The number of aryl methyl sites for hydroxylation is 3. The highest BCUT2D eigenvalue weighted by Crippen LogP contribution is 2.28. The molecule has 0 aromatic heterocycles. The summed E-state index contributed by atoms with van der Waals surface area (Å²) in [6, 6.07) is 20.5. The summed E-state index contributed by atoms with van der Waals surface area (Å²) in [7, 11) is -4.09. The Morgan fingerprint density at radius 3 is 2.12 bits per heavy atom. The Bertz CT molecular complexity index is 1420. The van der Waals surface area contributed by atoms with Gasteiger partial charge in [0.25, 0.3) is 10.0 Å². The molecule has 3 aromatic rings. The summed E-state index contributed by atoms with van der Waals surface area (Å²) < 4.78 is 29.1. The molecule has 0 heterocycles. The first-order valence-electron chi connectivity index (χ1n) is 13.7. The van der Waals surface area contributed by atoms with Crippen LogP contribution in [-0.2, 0) is 26.2 Å². The largest absolute Gasteiger partial charge is 0.354 e. The molecule has 0 unspecified atom stereocenters. The second-order valence-electron chi connectivity index (χ2n) is 10.6. The molecule has 214 valence electrons. The highest BCUT2D eigenvalue weighted by molar-refractivity contribution is 7.92. The first-order chi connectivity index (χ1) is 18.9. The molecular weight excluding hydrogens is 522 g/mol. The van der Waals surface area contributed by atoms with Gasteiger partial charge < -0.3 is 10.2 Å². The number of sulfonamides is 1. The van der Waals surface area contributed by atoms with Crippen molar-refractivity contribution in [2.45, 2.75) is 65.4 Å². The van der Waals surface area contributed by atoms with Crippen molar-refractivity contribution >= 4 is 27.5 Å². The van der Waals surface area contributed by atoms with Gasteiger partial charge in [0.15, 0.2) is 0 Å².